The maximum absolute atomic E-state index is 10.1. The number of carboxylic acid groups (broad SMARTS) is 1. The molecule has 1 N–H and O–H groups in total. The number of carbonyl (C=O) groups is 1. The van der Waals surface area contributed by atoms with Crippen LogP contribution in [0.5, 0.6) is 0 Å². The molecule has 6 nitrogen and oxygen atoms in total. The Morgan fingerprint density at radius 1 is 1.58 bits per heavy atom. The van der Waals surface area contributed by atoms with Gasteiger partial charge in [0, 0.05) is 0 Å². The quantitative estimate of drug-likeness (QED) is 0.565. The van der Waals surface area contributed by atoms with E-state index in [9.17, 15) is 14.9 Å². The normalized spacial score (nSPS) is 8.67. The number of hydrogen-bond donors (Lipinski definition) is 1. The first-order valence-electron chi connectivity index (χ1n) is 2.59. The predicted octanol–water partition coefficient (Wildman–Crippen LogP) is 1.31. The molecule has 0 fully saturated rings. The van der Waals surface area contributed by atoms with Crippen LogP contribution in [0.2, 0.25) is 0 Å². The topological polar surface area (TPSA) is 93.6 Å². The molecule has 0 atom stereocenters. The molecule has 66 valence electrons. The van der Waals surface area contributed by atoms with Crippen molar-refractivity contribution in [2.24, 2.45) is 0 Å². The van der Waals surface area contributed by atoms with Gasteiger partial charge < -0.3 is 9.52 Å². The Kier molecular flexibility index (Phi) is 3.24. The smallest absolute Gasteiger partial charge is 0.433 e. The second kappa shape index (κ2) is 3.72. The third-order valence-electron chi connectivity index (χ3n) is 0.983. The lowest BCUT2D eigenvalue weighted by Gasteiger charge is -1.82. The van der Waals surface area contributed by atoms with E-state index in [0.29, 0.717) is 0 Å². The maximum atomic E-state index is 10.1. The van der Waals surface area contributed by atoms with E-state index in [-0.39, 0.29) is 12.4 Å². The van der Waals surface area contributed by atoms with Gasteiger partial charge in [-0.15, -0.1) is 12.4 Å². The Bertz CT molecular complexity index is 278. The number of nitrogens with zero attached hydrogens (tertiary/aromatic N) is 1. The predicted molar refractivity (Wildman–Crippen MR) is 39.6 cm³/mol. The minimum atomic E-state index is -1.32. The van der Waals surface area contributed by atoms with Gasteiger partial charge in [-0.2, -0.15) is 0 Å². The summed E-state index contributed by atoms with van der Waals surface area (Å²) in [4.78, 5) is 19.3. The molecule has 1 rings (SSSR count). The van der Waals surface area contributed by atoms with Gasteiger partial charge in [-0.25, -0.2) is 4.79 Å². The molecule has 0 spiro atoms. The number of halogens is 1. The lowest BCUT2D eigenvalue weighted by molar-refractivity contribution is -0.402. The molecular formula is C5H4ClNO5. The summed E-state index contributed by atoms with van der Waals surface area (Å²) < 4.78 is 4.31. The Morgan fingerprint density at radius 3 is 2.42 bits per heavy atom. The fourth-order valence-corrected chi connectivity index (χ4v) is 0.541. The van der Waals surface area contributed by atoms with Crippen molar-refractivity contribution >= 4 is 24.3 Å². The van der Waals surface area contributed by atoms with E-state index in [1.165, 1.54) is 0 Å². The largest absolute Gasteiger partial charge is 0.475 e. The molecule has 7 heteroatoms. The maximum Gasteiger partial charge on any atom is 0.433 e. The van der Waals surface area contributed by atoms with Gasteiger partial charge in [-0.1, -0.05) is 0 Å². The standard InChI is InChI=1S/C5H3NO5.ClH/c7-5(8)3-1-2-4(11-3)6(9)10;/h1-2H,(H,7,8);1H. The lowest BCUT2D eigenvalue weighted by atomic mass is 10.5. The average Bonchev–Trinajstić information content (AvgIpc) is 2.33. The Morgan fingerprint density at radius 2 is 2.17 bits per heavy atom. The highest BCUT2D eigenvalue weighted by Crippen LogP contribution is 2.14. The van der Waals surface area contributed by atoms with Gasteiger partial charge >= 0.3 is 11.9 Å². The molecule has 0 saturated carbocycles. The van der Waals surface area contributed by atoms with Crippen LogP contribution in [-0.2, 0) is 0 Å². The Balaban J connectivity index is 0.00000121. The van der Waals surface area contributed by atoms with Crippen LogP contribution in [0.15, 0.2) is 16.5 Å². The van der Waals surface area contributed by atoms with Crippen LogP contribution in [0.3, 0.4) is 0 Å². The van der Waals surface area contributed by atoms with Crippen LogP contribution in [0.25, 0.3) is 0 Å². The SMILES string of the molecule is Cl.O=C(O)c1ccc([N+](=O)[O-])o1. The van der Waals surface area contributed by atoms with Gasteiger partial charge in [0.05, 0.1) is 6.07 Å². The Hall–Kier alpha value is -1.56. The van der Waals surface area contributed by atoms with Gasteiger partial charge in [0.25, 0.3) is 0 Å². The van der Waals surface area contributed by atoms with Gasteiger partial charge in [0.2, 0.25) is 5.76 Å². The molecule has 1 aromatic rings. The Labute approximate surface area is 72.4 Å². The summed E-state index contributed by atoms with van der Waals surface area (Å²) >= 11 is 0. The van der Waals surface area contributed by atoms with Crippen LogP contribution in [0.4, 0.5) is 5.88 Å². The van der Waals surface area contributed by atoms with E-state index in [0.717, 1.165) is 12.1 Å². The van der Waals surface area contributed by atoms with E-state index < -0.39 is 22.5 Å². The first-order chi connectivity index (χ1) is 5.11. The van der Waals surface area contributed by atoms with E-state index >= 15 is 0 Å². The fourth-order valence-electron chi connectivity index (χ4n) is 0.541. The van der Waals surface area contributed by atoms with Gasteiger partial charge in [-0.3, -0.25) is 10.1 Å². The van der Waals surface area contributed by atoms with Crippen molar-refractivity contribution in [3.05, 3.63) is 28.0 Å². The van der Waals surface area contributed by atoms with Crippen LogP contribution in [0.1, 0.15) is 10.6 Å². The van der Waals surface area contributed by atoms with E-state index in [2.05, 4.69) is 4.42 Å². The van der Waals surface area contributed by atoms with Crippen LogP contribution in [-0.4, -0.2) is 16.0 Å². The average molecular weight is 194 g/mol. The number of carboxylic acids is 1. The van der Waals surface area contributed by atoms with Crippen molar-refractivity contribution in [2.75, 3.05) is 0 Å². The summed E-state index contributed by atoms with van der Waals surface area (Å²) in [6.45, 7) is 0. The second-order valence-corrected chi connectivity index (χ2v) is 1.70. The van der Waals surface area contributed by atoms with Gasteiger partial charge in [-0.05, 0) is 6.07 Å². The number of hydrogen-bond acceptors (Lipinski definition) is 4. The molecule has 0 aliphatic heterocycles. The molecular weight excluding hydrogens is 190 g/mol. The number of aromatic carboxylic acids is 1. The van der Waals surface area contributed by atoms with Crippen molar-refractivity contribution in [3.8, 4) is 0 Å². The monoisotopic (exact) mass is 193 g/mol. The van der Waals surface area contributed by atoms with Crippen molar-refractivity contribution in [2.45, 2.75) is 0 Å². The van der Waals surface area contributed by atoms with E-state index in [1.807, 2.05) is 0 Å². The summed E-state index contributed by atoms with van der Waals surface area (Å²) in [5, 5.41) is 18.2. The van der Waals surface area contributed by atoms with E-state index in [1.54, 1.807) is 0 Å². The van der Waals surface area contributed by atoms with Gasteiger partial charge in [0.15, 0.2) is 0 Å². The molecule has 1 heterocycles. The third-order valence-corrected chi connectivity index (χ3v) is 0.983. The molecule has 0 aromatic carbocycles. The number of furan rings is 1. The fraction of sp³-hybridized carbons (Fsp3) is 0. The van der Waals surface area contributed by atoms with Gasteiger partial charge in [0.1, 0.15) is 4.92 Å². The molecule has 0 radical (unpaired) electrons. The highest BCUT2D eigenvalue weighted by molar-refractivity contribution is 5.85. The summed E-state index contributed by atoms with van der Waals surface area (Å²) in [7, 11) is 0. The number of rotatable bonds is 2. The zero-order valence-corrected chi connectivity index (χ0v) is 6.41. The molecule has 12 heavy (non-hydrogen) atoms. The van der Waals surface area contributed by atoms with E-state index in [4.69, 9.17) is 5.11 Å². The van der Waals surface area contributed by atoms with Crippen LogP contribution < -0.4 is 0 Å². The van der Waals surface area contributed by atoms with Crippen LogP contribution in [0, 0.1) is 10.1 Å². The molecule has 0 amide bonds. The molecule has 1 aromatic heterocycles. The summed E-state index contributed by atoms with van der Waals surface area (Å²) in [5.41, 5.74) is 0. The van der Waals surface area contributed by atoms with Crippen LogP contribution >= 0.6 is 12.4 Å². The highest BCUT2D eigenvalue weighted by atomic mass is 35.5. The lowest BCUT2D eigenvalue weighted by Crippen LogP contribution is -1.92. The molecule has 0 unspecified atom stereocenters. The van der Waals surface area contributed by atoms with Crippen molar-refractivity contribution in [1.29, 1.82) is 0 Å². The zero-order valence-electron chi connectivity index (χ0n) is 5.59. The first-order valence-corrected chi connectivity index (χ1v) is 2.59. The second-order valence-electron chi connectivity index (χ2n) is 1.70. The first kappa shape index (κ1) is 10.4. The number of nitro groups is 1. The molecule has 0 bridgehead atoms. The molecule has 0 aliphatic carbocycles. The molecule has 0 saturated heterocycles. The van der Waals surface area contributed by atoms with Crippen molar-refractivity contribution in [1.82, 2.24) is 0 Å². The third kappa shape index (κ3) is 1.96. The van der Waals surface area contributed by atoms with Crippen molar-refractivity contribution < 1.29 is 19.2 Å². The van der Waals surface area contributed by atoms with Crippen molar-refractivity contribution in [3.63, 3.8) is 0 Å². The zero-order chi connectivity index (χ0) is 8.43. The highest BCUT2D eigenvalue weighted by Gasteiger charge is 2.15. The summed E-state index contributed by atoms with van der Waals surface area (Å²) in [6, 6.07) is 2.02. The summed E-state index contributed by atoms with van der Waals surface area (Å²) in [6.07, 6.45) is 0. The summed E-state index contributed by atoms with van der Waals surface area (Å²) in [5.74, 6) is -2.32. The molecule has 0 aliphatic rings. The minimum Gasteiger partial charge on any atom is -0.475 e. The minimum absolute atomic E-state index is 0.